The Bertz CT molecular complexity index is 1510. The van der Waals surface area contributed by atoms with E-state index in [2.05, 4.69) is 0 Å². The number of rotatable bonds is 5. The number of anilines is 1. The number of fused-ring (bicyclic) bond motifs is 1. The molecule has 0 spiro atoms. The first kappa shape index (κ1) is 33.5. The number of carbonyl (C=O) groups excluding carboxylic acids is 2. The van der Waals surface area contributed by atoms with Crippen molar-refractivity contribution in [3.05, 3.63) is 100 Å². The van der Waals surface area contributed by atoms with Gasteiger partial charge in [-0.05, 0) is 66.4 Å². The zero-order chi connectivity index (χ0) is 33.3. The first-order chi connectivity index (χ1) is 20.9. The predicted molar refractivity (Wildman–Crippen MR) is 142 cm³/mol. The average Bonchev–Trinajstić information content (AvgIpc) is 2.96. The summed E-state index contributed by atoms with van der Waals surface area (Å²) >= 11 is 0. The number of hydrogen-bond donors (Lipinski definition) is 0. The number of carbonyl (C=O) groups is 2. The number of hydrogen-bond acceptors (Lipinski definition) is 4. The summed E-state index contributed by atoms with van der Waals surface area (Å²) in [7, 11) is 0.898. The molecule has 4 rings (SSSR count). The van der Waals surface area contributed by atoms with E-state index in [1.165, 1.54) is 6.92 Å². The second-order valence-electron chi connectivity index (χ2n) is 10.3. The smallest absolute Gasteiger partial charge is 0.416 e. The highest BCUT2D eigenvalue weighted by atomic mass is 19.4. The van der Waals surface area contributed by atoms with Crippen molar-refractivity contribution in [2.75, 3.05) is 12.0 Å². The van der Waals surface area contributed by atoms with Gasteiger partial charge < -0.3 is 9.47 Å². The van der Waals surface area contributed by atoms with Crippen LogP contribution in [0.15, 0.2) is 66.7 Å². The fraction of sp³-hybridized carbons (Fsp3) is 0.333. The van der Waals surface area contributed by atoms with Crippen LogP contribution in [-0.4, -0.2) is 30.2 Å². The van der Waals surface area contributed by atoms with Crippen LogP contribution in [0, 0.1) is 0 Å². The highest BCUT2D eigenvalue weighted by Gasteiger charge is 2.42. The molecular formula is C30H25F9N2O4. The van der Waals surface area contributed by atoms with Crippen LogP contribution in [0.1, 0.15) is 52.8 Å². The fourth-order valence-corrected chi connectivity index (χ4v) is 5.10. The van der Waals surface area contributed by atoms with E-state index in [1.807, 2.05) is 0 Å². The molecule has 0 fully saturated rings. The molecule has 3 aromatic carbocycles. The van der Waals surface area contributed by atoms with Gasteiger partial charge in [0, 0.05) is 12.6 Å². The maximum absolute atomic E-state index is 13.8. The molecular weight excluding hydrogens is 623 g/mol. The Morgan fingerprint density at radius 3 is 1.91 bits per heavy atom. The molecule has 2 amide bonds. The van der Waals surface area contributed by atoms with E-state index in [0.717, 1.165) is 23.0 Å². The summed E-state index contributed by atoms with van der Waals surface area (Å²) in [5, 5.41) is 0. The first-order valence-electron chi connectivity index (χ1n) is 13.2. The van der Waals surface area contributed by atoms with Crippen molar-refractivity contribution in [1.29, 1.82) is 0 Å². The summed E-state index contributed by atoms with van der Waals surface area (Å²) in [6, 6.07) is 9.39. The van der Waals surface area contributed by atoms with Gasteiger partial charge in [0.1, 0.15) is 6.61 Å². The van der Waals surface area contributed by atoms with E-state index in [4.69, 9.17) is 9.47 Å². The molecule has 0 saturated heterocycles. The third-order valence-electron chi connectivity index (χ3n) is 7.17. The molecule has 0 aliphatic carbocycles. The summed E-state index contributed by atoms with van der Waals surface area (Å²) in [6.45, 7) is 0.428. The second kappa shape index (κ2) is 12.5. The van der Waals surface area contributed by atoms with E-state index < -0.39 is 71.6 Å². The molecule has 45 heavy (non-hydrogen) atoms. The first-order valence-corrected chi connectivity index (χ1v) is 13.2. The van der Waals surface area contributed by atoms with Gasteiger partial charge in [0.15, 0.2) is 0 Å². The standard InChI is InChI=1S/C30H25F9N2O4/c1-17-10-25(40(26(42)44-2)15-19-11-21(29(34,35)36)13-22(12-19)30(37,38)39)23-14-20(28(31,32)33)8-9-24(23)41(17)27(43)45-16-18-6-4-3-5-7-18/h3-9,11-14,17,25H,10,15-16H2,1-2H3/t17-,25+/m0/s1. The van der Waals surface area contributed by atoms with Crippen molar-refractivity contribution >= 4 is 17.9 Å². The quantitative estimate of drug-likeness (QED) is 0.259. The predicted octanol–water partition coefficient (Wildman–Crippen LogP) is 8.99. The Hall–Kier alpha value is -4.43. The maximum atomic E-state index is 13.8. The van der Waals surface area contributed by atoms with Gasteiger partial charge >= 0.3 is 30.7 Å². The Balaban J connectivity index is 1.79. The third-order valence-corrected chi connectivity index (χ3v) is 7.17. The number of alkyl halides is 9. The lowest BCUT2D eigenvalue weighted by Crippen LogP contribution is -2.47. The van der Waals surface area contributed by atoms with Crippen LogP contribution >= 0.6 is 0 Å². The van der Waals surface area contributed by atoms with Crippen LogP contribution in [0.2, 0.25) is 0 Å². The van der Waals surface area contributed by atoms with Crippen LogP contribution in [0.5, 0.6) is 0 Å². The minimum absolute atomic E-state index is 0.0848. The van der Waals surface area contributed by atoms with Crippen LogP contribution < -0.4 is 4.90 Å². The van der Waals surface area contributed by atoms with Gasteiger partial charge in [-0.3, -0.25) is 9.80 Å². The molecule has 0 N–H and O–H groups in total. The van der Waals surface area contributed by atoms with Gasteiger partial charge in [0.25, 0.3) is 0 Å². The Kier molecular flexibility index (Phi) is 9.31. The fourth-order valence-electron chi connectivity index (χ4n) is 5.10. The number of ether oxygens (including phenoxy) is 2. The van der Waals surface area contributed by atoms with E-state index in [9.17, 15) is 49.1 Å². The molecule has 15 heteroatoms. The monoisotopic (exact) mass is 648 g/mol. The summed E-state index contributed by atoms with van der Waals surface area (Å²) in [6.07, 6.45) is -17.7. The SMILES string of the molecule is COC(=O)N(Cc1cc(C(F)(F)F)cc(C(F)(F)F)c1)[C@@H]1C[C@H](C)N(C(=O)OCc2ccccc2)c2ccc(C(F)(F)F)cc21. The van der Waals surface area contributed by atoms with Crippen molar-refractivity contribution in [2.45, 2.75) is 57.1 Å². The van der Waals surface area contributed by atoms with Crippen molar-refractivity contribution in [1.82, 2.24) is 4.90 Å². The van der Waals surface area contributed by atoms with Gasteiger partial charge in [-0.2, -0.15) is 39.5 Å². The Morgan fingerprint density at radius 1 is 0.800 bits per heavy atom. The van der Waals surface area contributed by atoms with E-state index in [-0.39, 0.29) is 30.3 Å². The van der Waals surface area contributed by atoms with Crippen LogP contribution in [0.3, 0.4) is 0 Å². The van der Waals surface area contributed by atoms with Gasteiger partial charge in [0.2, 0.25) is 0 Å². The van der Waals surface area contributed by atoms with Crippen LogP contribution in [0.25, 0.3) is 0 Å². The summed E-state index contributed by atoms with van der Waals surface area (Å²) in [5.74, 6) is 0. The molecule has 1 heterocycles. The Labute approximate surface area is 250 Å². The number of methoxy groups -OCH3 is 1. The zero-order valence-corrected chi connectivity index (χ0v) is 23.6. The number of nitrogens with zero attached hydrogens (tertiary/aromatic N) is 2. The average molecular weight is 649 g/mol. The molecule has 242 valence electrons. The molecule has 0 bridgehead atoms. The molecule has 3 aromatic rings. The zero-order valence-electron chi connectivity index (χ0n) is 23.6. The van der Waals surface area contributed by atoms with Crippen molar-refractivity contribution in [3.63, 3.8) is 0 Å². The largest absolute Gasteiger partial charge is 0.453 e. The second-order valence-corrected chi connectivity index (χ2v) is 10.3. The minimum Gasteiger partial charge on any atom is -0.453 e. The van der Waals surface area contributed by atoms with E-state index >= 15 is 0 Å². The van der Waals surface area contributed by atoms with Crippen molar-refractivity contribution < 1.29 is 58.6 Å². The molecule has 2 atom stereocenters. The Morgan fingerprint density at radius 2 is 1.38 bits per heavy atom. The number of amides is 2. The highest BCUT2D eigenvalue weighted by Crippen LogP contribution is 2.45. The normalized spacial score (nSPS) is 17.0. The summed E-state index contributed by atoms with van der Waals surface area (Å²) in [5.41, 5.74) is -4.76. The highest BCUT2D eigenvalue weighted by molar-refractivity contribution is 5.90. The van der Waals surface area contributed by atoms with Gasteiger partial charge in [-0.1, -0.05) is 30.3 Å². The summed E-state index contributed by atoms with van der Waals surface area (Å²) < 4.78 is 133. The molecule has 0 saturated carbocycles. The summed E-state index contributed by atoms with van der Waals surface area (Å²) in [4.78, 5) is 28.0. The molecule has 6 nitrogen and oxygen atoms in total. The lowest BCUT2D eigenvalue weighted by atomic mass is 9.89. The van der Waals surface area contributed by atoms with E-state index in [1.54, 1.807) is 30.3 Å². The van der Waals surface area contributed by atoms with E-state index in [0.29, 0.717) is 29.8 Å². The number of halogens is 9. The maximum Gasteiger partial charge on any atom is 0.416 e. The van der Waals surface area contributed by atoms with Gasteiger partial charge in [0.05, 0.1) is 35.5 Å². The molecule has 1 aliphatic heterocycles. The minimum atomic E-state index is -5.18. The topological polar surface area (TPSA) is 59.1 Å². The molecule has 0 unspecified atom stereocenters. The van der Waals surface area contributed by atoms with Crippen molar-refractivity contribution in [2.24, 2.45) is 0 Å². The van der Waals surface area contributed by atoms with Crippen molar-refractivity contribution in [3.8, 4) is 0 Å². The molecule has 0 aromatic heterocycles. The molecule has 1 aliphatic rings. The lowest BCUT2D eigenvalue weighted by molar-refractivity contribution is -0.143. The van der Waals surface area contributed by atoms with Crippen LogP contribution in [-0.2, 0) is 41.2 Å². The van der Waals surface area contributed by atoms with Gasteiger partial charge in [-0.25, -0.2) is 9.59 Å². The number of benzene rings is 3. The lowest BCUT2D eigenvalue weighted by Gasteiger charge is -2.42. The third kappa shape index (κ3) is 7.63. The van der Waals surface area contributed by atoms with Crippen LogP contribution in [0.4, 0.5) is 54.8 Å². The van der Waals surface area contributed by atoms with Gasteiger partial charge in [-0.15, -0.1) is 0 Å². The molecule has 0 radical (unpaired) electrons.